The number of halogens is 1. The van der Waals surface area contributed by atoms with Gasteiger partial charge in [0.1, 0.15) is 18.5 Å². The number of carbonyl (C=O) groups excluding carboxylic acids is 1. The van der Waals surface area contributed by atoms with Gasteiger partial charge < -0.3 is 15.2 Å². The van der Waals surface area contributed by atoms with Crippen molar-refractivity contribution in [2.24, 2.45) is 5.73 Å². The highest BCUT2D eigenvalue weighted by atomic mass is 35.5. The molecule has 2 aromatic carbocycles. The maximum absolute atomic E-state index is 10.9. The molecule has 0 unspecified atom stereocenters. The first-order valence-electron chi connectivity index (χ1n) is 6.91. The summed E-state index contributed by atoms with van der Waals surface area (Å²) in [7, 11) is 0. The van der Waals surface area contributed by atoms with E-state index in [2.05, 4.69) is 0 Å². The number of carbonyl (C=O) groups is 1. The average Bonchev–Trinajstić information content (AvgIpc) is 2.51. The Morgan fingerprint density at radius 1 is 1.14 bits per heavy atom. The molecule has 2 rings (SSSR count). The minimum Gasteiger partial charge on any atom is -0.489 e. The van der Waals surface area contributed by atoms with Crippen LogP contribution in [0, 0.1) is 0 Å². The van der Waals surface area contributed by atoms with Crippen LogP contribution in [0.15, 0.2) is 48.5 Å². The van der Waals surface area contributed by atoms with Crippen molar-refractivity contribution in [1.29, 1.82) is 0 Å². The van der Waals surface area contributed by atoms with Crippen LogP contribution in [0.5, 0.6) is 5.75 Å². The first-order valence-corrected chi connectivity index (χ1v) is 7.29. The predicted octanol–water partition coefficient (Wildman–Crippen LogP) is 3.31. The SMILES string of the molecule is C[C@H](OCc1ccc(OCc2cccc(Cl)c2)cc1)C(N)=O. The van der Waals surface area contributed by atoms with Crippen LogP contribution in [-0.4, -0.2) is 12.0 Å². The summed E-state index contributed by atoms with van der Waals surface area (Å²) in [5, 5.41) is 0.692. The number of nitrogens with two attached hydrogens (primary N) is 1. The van der Waals surface area contributed by atoms with Gasteiger partial charge in [0.15, 0.2) is 0 Å². The highest BCUT2D eigenvalue weighted by Gasteiger charge is 2.08. The van der Waals surface area contributed by atoms with E-state index < -0.39 is 12.0 Å². The van der Waals surface area contributed by atoms with Gasteiger partial charge >= 0.3 is 0 Å². The highest BCUT2D eigenvalue weighted by Crippen LogP contribution is 2.17. The van der Waals surface area contributed by atoms with Crippen LogP contribution in [-0.2, 0) is 22.7 Å². The number of ether oxygens (including phenoxy) is 2. The first kappa shape index (κ1) is 16.3. The number of primary amides is 1. The van der Waals surface area contributed by atoms with E-state index in [9.17, 15) is 4.79 Å². The van der Waals surface area contributed by atoms with E-state index in [4.69, 9.17) is 26.8 Å². The van der Waals surface area contributed by atoms with Gasteiger partial charge in [0.05, 0.1) is 6.61 Å². The van der Waals surface area contributed by atoms with Gasteiger partial charge in [0.2, 0.25) is 5.91 Å². The molecule has 0 aromatic heterocycles. The normalized spacial score (nSPS) is 11.9. The van der Waals surface area contributed by atoms with Gasteiger partial charge in [-0.15, -0.1) is 0 Å². The van der Waals surface area contributed by atoms with Crippen LogP contribution in [0.3, 0.4) is 0 Å². The molecule has 1 amide bonds. The molecule has 2 aromatic rings. The predicted molar refractivity (Wildman–Crippen MR) is 85.7 cm³/mol. The average molecular weight is 320 g/mol. The van der Waals surface area contributed by atoms with Crippen LogP contribution in [0.1, 0.15) is 18.1 Å². The van der Waals surface area contributed by atoms with E-state index in [0.717, 1.165) is 16.9 Å². The van der Waals surface area contributed by atoms with Crippen molar-refractivity contribution < 1.29 is 14.3 Å². The zero-order chi connectivity index (χ0) is 15.9. The van der Waals surface area contributed by atoms with Crippen LogP contribution >= 0.6 is 11.6 Å². The fourth-order valence-corrected chi connectivity index (χ4v) is 1.99. The van der Waals surface area contributed by atoms with Crippen molar-refractivity contribution in [2.45, 2.75) is 26.2 Å². The molecule has 0 heterocycles. The number of benzene rings is 2. The van der Waals surface area contributed by atoms with Crippen molar-refractivity contribution in [1.82, 2.24) is 0 Å². The summed E-state index contributed by atoms with van der Waals surface area (Å²) in [6.45, 7) is 2.42. The highest BCUT2D eigenvalue weighted by molar-refractivity contribution is 6.30. The Morgan fingerprint density at radius 3 is 2.50 bits per heavy atom. The Bertz CT molecular complexity index is 628. The second kappa shape index (κ2) is 7.82. The molecule has 0 aliphatic heterocycles. The van der Waals surface area contributed by atoms with Gasteiger partial charge in [-0.05, 0) is 42.3 Å². The Balaban J connectivity index is 1.85. The monoisotopic (exact) mass is 319 g/mol. The van der Waals surface area contributed by atoms with Crippen molar-refractivity contribution in [3.05, 3.63) is 64.7 Å². The summed E-state index contributed by atoms with van der Waals surface area (Å²) in [6.07, 6.45) is -0.598. The van der Waals surface area contributed by atoms with Crippen molar-refractivity contribution in [3.63, 3.8) is 0 Å². The Morgan fingerprint density at radius 2 is 1.86 bits per heavy atom. The quantitative estimate of drug-likeness (QED) is 0.851. The second-order valence-electron chi connectivity index (χ2n) is 4.92. The molecular weight excluding hydrogens is 302 g/mol. The van der Waals surface area contributed by atoms with E-state index in [1.54, 1.807) is 6.92 Å². The molecular formula is C17H18ClNO3. The molecule has 4 nitrogen and oxygen atoms in total. The third-order valence-corrected chi connectivity index (χ3v) is 3.35. The zero-order valence-electron chi connectivity index (χ0n) is 12.3. The van der Waals surface area contributed by atoms with E-state index in [0.29, 0.717) is 18.2 Å². The largest absolute Gasteiger partial charge is 0.489 e. The summed E-state index contributed by atoms with van der Waals surface area (Å²) in [6, 6.07) is 15.0. The maximum atomic E-state index is 10.9. The molecule has 0 saturated carbocycles. The lowest BCUT2D eigenvalue weighted by Crippen LogP contribution is -2.27. The molecule has 0 aliphatic rings. The molecule has 0 spiro atoms. The number of amides is 1. The van der Waals surface area contributed by atoms with E-state index in [-0.39, 0.29) is 0 Å². The van der Waals surface area contributed by atoms with Gasteiger partial charge in [0.25, 0.3) is 0 Å². The molecule has 2 N–H and O–H groups in total. The third kappa shape index (κ3) is 5.06. The Labute approximate surface area is 134 Å². The van der Waals surface area contributed by atoms with Crippen LogP contribution in [0.25, 0.3) is 0 Å². The van der Waals surface area contributed by atoms with Crippen molar-refractivity contribution in [3.8, 4) is 5.75 Å². The number of hydrogen-bond donors (Lipinski definition) is 1. The van der Waals surface area contributed by atoms with Gasteiger partial charge in [-0.3, -0.25) is 4.79 Å². The van der Waals surface area contributed by atoms with E-state index in [1.165, 1.54) is 0 Å². The molecule has 0 saturated heterocycles. The smallest absolute Gasteiger partial charge is 0.246 e. The van der Waals surface area contributed by atoms with E-state index >= 15 is 0 Å². The minimum absolute atomic E-state index is 0.332. The maximum Gasteiger partial charge on any atom is 0.246 e. The molecule has 0 aliphatic carbocycles. The molecule has 1 atom stereocenters. The van der Waals surface area contributed by atoms with Gasteiger partial charge in [0, 0.05) is 5.02 Å². The van der Waals surface area contributed by atoms with Crippen molar-refractivity contribution >= 4 is 17.5 Å². The first-order chi connectivity index (χ1) is 10.5. The molecule has 116 valence electrons. The topological polar surface area (TPSA) is 61.6 Å². The zero-order valence-corrected chi connectivity index (χ0v) is 13.0. The minimum atomic E-state index is -0.598. The van der Waals surface area contributed by atoms with Gasteiger partial charge in [-0.2, -0.15) is 0 Å². The van der Waals surface area contributed by atoms with Gasteiger partial charge in [-0.1, -0.05) is 35.9 Å². The number of hydrogen-bond acceptors (Lipinski definition) is 3. The summed E-state index contributed by atoms with van der Waals surface area (Å²) >= 11 is 5.93. The molecule has 5 heteroatoms. The van der Waals surface area contributed by atoms with Crippen LogP contribution in [0.4, 0.5) is 0 Å². The molecule has 0 radical (unpaired) electrons. The fraction of sp³-hybridized carbons (Fsp3) is 0.235. The Kier molecular flexibility index (Phi) is 5.81. The second-order valence-corrected chi connectivity index (χ2v) is 5.35. The third-order valence-electron chi connectivity index (χ3n) is 3.12. The summed E-state index contributed by atoms with van der Waals surface area (Å²) in [5.74, 6) is 0.285. The lowest BCUT2D eigenvalue weighted by atomic mass is 10.2. The van der Waals surface area contributed by atoms with E-state index in [1.807, 2.05) is 48.5 Å². The summed E-state index contributed by atoms with van der Waals surface area (Å²) in [4.78, 5) is 10.9. The van der Waals surface area contributed by atoms with Crippen LogP contribution in [0.2, 0.25) is 5.02 Å². The fourth-order valence-electron chi connectivity index (χ4n) is 1.78. The standard InChI is InChI=1S/C17H18ClNO3/c1-12(17(19)20)21-10-13-5-7-16(8-6-13)22-11-14-3-2-4-15(18)9-14/h2-9,12H,10-11H2,1H3,(H2,19,20)/t12-/m0/s1. The lowest BCUT2D eigenvalue weighted by molar-refractivity contribution is -0.129. The van der Waals surface area contributed by atoms with Crippen molar-refractivity contribution in [2.75, 3.05) is 0 Å². The van der Waals surface area contributed by atoms with Gasteiger partial charge in [-0.25, -0.2) is 0 Å². The molecule has 0 fully saturated rings. The summed E-state index contributed by atoms with van der Waals surface area (Å²) in [5.41, 5.74) is 7.09. The van der Waals surface area contributed by atoms with Crippen LogP contribution < -0.4 is 10.5 Å². The summed E-state index contributed by atoms with van der Waals surface area (Å²) < 4.78 is 11.0. The Hall–Kier alpha value is -2.04. The molecule has 0 bridgehead atoms. The molecule has 22 heavy (non-hydrogen) atoms. The lowest BCUT2D eigenvalue weighted by Gasteiger charge is -2.10. The number of rotatable bonds is 7.